The van der Waals surface area contributed by atoms with Crippen LogP contribution in [0.2, 0.25) is 0 Å². The van der Waals surface area contributed by atoms with Crippen molar-refractivity contribution in [3.05, 3.63) is 34.7 Å². The van der Waals surface area contributed by atoms with E-state index in [-0.39, 0.29) is 11.7 Å². The maximum atomic E-state index is 11.7. The van der Waals surface area contributed by atoms with Crippen molar-refractivity contribution in [2.75, 3.05) is 0 Å². The van der Waals surface area contributed by atoms with Crippen LogP contribution in [0.15, 0.2) is 34.1 Å². The molecule has 78 valence electrons. The van der Waals surface area contributed by atoms with Gasteiger partial charge in [-0.05, 0) is 19.9 Å². The first-order valence-corrected chi connectivity index (χ1v) is 5.26. The third-order valence-corrected chi connectivity index (χ3v) is 2.67. The third-order valence-electron chi connectivity index (χ3n) is 2.33. The second-order valence-corrected chi connectivity index (χ2v) is 4.12. The van der Waals surface area contributed by atoms with Crippen molar-refractivity contribution in [3.63, 3.8) is 0 Å². The molecule has 2 rings (SSSR count). The van der Waals surface area contributed by atoms with Crippen molar-refractivity contribution in [2.45, 2.75) is 24.9 Å². The molecule has 0 aliphatic rings. The van der Waals surface area contributed by atoms with Crippen LogP contribution in [0.4, 0.5) is 0 Å². The molecule has 2 aromatic rings. The zero-order chi connectivity index (χ0) is 11.0. The molecule has 0 amide bonds. The van der Waals surface area contributed by atoms with Gasteiger partial charge in [-0.1, -0.05) is 18.2 Å². The van der Waals surface area contributed by atoms with Gasteiger partial charge in [-0.15, -0.1) is 12.6 Å². The number of benzene rings is 1. The Balaban J connectivity index is 2.96. The van der Waals surface area contributed by atoms with Gasteiger partial charge in [0.25, 0.3) is 0 Å². The first kappa shape index (κ1) is 10.2. The normalized spacial score (nSPS) is 11.2. The van der Waals surface area contributed by atoms with Gasteiger partial charge in [0, 0.05) is 11.4 Å². The molecule has 1 aromatic carbocycles. The van der Waals surface area contributed by atoms with E-state index in [0.717, 1.165) is 10.9 Å². The number of hydrogen-bond acceptors (Lipinski definition) is 3. The topological polar surface area (TPSA) is 34.9 Å². The lowest BCUT2D eigenvalue weighted by Crippen LogP contribution is -2.25. The van der Waals surface area contributed by atoms with Crippen molar-refractivity contribution in [3.8, 4) is 0 Å². The summed E-state index contributed by atoms with van der Waals surface area (Å²) in [6.45, 7) is 3.93. The first-order chi connectivity index (χ1) is 7.11. The fourth-order valence-electron chi connectivity index (χ4n) is 1.68. The number of hydrogen-bond donors (Lipinski definition) is 1. The minimum absolute atomic E-state index is 0.101. The highest BCUT2D eigenvalue weighted by Crippen LogP contribution is 2.19. The predicted molar refractivity (Wildman–Crippen MR) is 63.6 cm³/mol. The first-order valence-electron chi connectivity index (χ1n) is 4.81. The third kappa shape index (κ3) is 1.65. The lowest BCUT2D eigenvalue weighted by Gasteiger charge is -2.13. The summed E-state index contributed by atoms with van der Waals surface area (Å²) < 4.78 is 1.68. The molecule has 4 heteroatoms. The molecule has 15 heavy (non-hydrogen) atoms. The van der Waals surface area contributed by atoms with Crippen molar-refractivity contribution in [2.24, 2.45) is 0 Å². The number of nitrogens with zero attached hydrogens (tertiary/aromatic N) is 2. The Morgan fingerprint density at radius 2 is 2.00 bits per heavy atom. The molecule has 3 nitrogen and oxygen atoms in total. The SMILES string of the molecule is CC(C)n1c(=O)nc(S)c2ccccc21. The Kier molecular flexibility index (Phi) is 2.52. The lowest BCUT2D eigenvalue weighted by atomic mass is 10.2. The van der Waals surface area contributed by atoms with Gasteiger partial charge >= 0.3 is 5.69 Å². The van der Waals surface area contributed by atoms with Crippen LogP contribution in [0.1, 0.15) is 19.9 Å². The predicted octanol–water partition coefficient (Wildman–Crippen LogP) is 2.27. The van der Waals surface area contributed by atoms with Crippen molar-refractivity contribution < 1.29 is 0 Å². The molecule has 0 N–H and O–H groups in total. The van der Waals surface area contributed by atoms with E-state index in [4.69, 9.17) is 0 Å². The van der Waals surface area contributed by atoms with Crippen LogP contribution in [-0.2, 0) is 0 Å². The summed E-state index contributed by atoms with van der Waals surface area (Å²) in [7, 11) is 0. The Labute approximate surface area is 93.2 Å². The summed E-state index contributed by atoms with van der Waals surface area (Å²) in [6.07, 6.45) is 0. The highest BCUT2D eigenvalue weighted by molar-refractivity contribution is 7.80. The van der Waals surface area contributed by atoms with Gasteiger partial charge in [0.2, 0.25) is 0 Å². The summed E-state index contributed by atoms with van der Waals surface area (Å²) in [4.78, 5) is 15.6. The fourth-order valence-corrected chi connectivity index (χ4v) is 1.95. The van der Waals surface area contributed by atoms with Gasteiger partial charge in [0.15, 0.2) is 0 Å². The highest BCUT2D eigenvalue weighted by Gasteiger charge is 2.09. The van der Waals surface area contributed by atoms with Crippen molar-refractivity contribution in [1.29, 1.82) is 0 Å². The molecular weight excluding hydrogens is 208 g/mol. The van der Waals surface area contributed by atoms with Crippen LogP contribution in [0.5, 0.6) is 0 Å². The Hall–Kier alpha value is -1.29. The van der Waals surface area contributed by atoms with Crippen molar-refractivity contribution >= 4 is 23.5 Å². The second-order valence-electron chi connectivity index (χ2n) is 3.70. The van der Waals surface area contributed by atoms with Gasteiger partial charge in [-0.25, -0.2) is 4.79 Å². The minimum atomic E-state index is -0.242. The average molecular weight is 220 g/mol. The summed E-state index contributed by atoms with van der Waals surface area (Å²) in [5.74, 6) is 0. The standard InChI is InChI=1S/C11H12N2OS/c1-7(2)13-9-6-4-3-5-8(9)10(15)12-11(13)14/h3-7H,1-2H3,(H,12,14,15). The van der Waals surface area contributed by atoms with Crippen LogP contribution in [0.25, 0.3) is 10.9 Å². The van der Waals surface area contributed by atoms with E-state index in [9.17, 15) is 4.79 Å². The molecule has 0 aliphatic heterocycles. The van der Waals surface area contributed by atoms with Gasteiger partial charge in [0.1, 0.15) is 5.03 Å². The molecule has 0 radical (unpaired) electrons. The summed E-state index contributed by atoms with van der Waals surface area (Å²) in [6, 6.07) is 7.76. The van der Waals surface area contributed by atoms with Crippen LogP contribution in [0.3, 0.4) is 0 Å². The molecule has 0 bridgehead atoms. The minimum Gasteiger partial charge on any atom is -0.289 e. The number of para-hydroxylation sites is 1. The molecule has 1 heterocycles. The fraction of sp³-hybridized carbons (Fsp3) is 0.273. The Morgan fingerprint density at radius 1 is 1.33 bits per heavy atom. The van der Waals surface area contributed by atoms with E-state index >= 15 is 0 Å². The van der Waals surface area contributed by atoms with Gasteiger partial charge in [0.05, 0.1) is 5.52 Å². The Bertz CT molecular complexity index is 560. The van der Waals surface area contributed by atoms with Crippen LogP contribution in [0, 0.1) is 0 Å². The zero-order valence-corrected chi connectivity index (χ0v) is 9.53. The maximum Gasteiger partial charge on any atom is 0.349 e. The monoisotopic (exact) mass is 220 g/mol. The summed E-state index contributed by atoms with van der Waals surface area (Å²) >= 11 is 4.21. The quantitative estimate of drug-likeness (QED) is 0.591. The van der Waals surface area contributed by atoms with Gasteiger partial charge in [-0.3, -0.25) is 4.57 Å². The van der Waals surface area contributed by atoms with Crippen molar-refractivity contribution in [1.82, 2.24) is 9.55 Å². The molecule has 0 atom stereocenters. The van der Waals surface area contributed by atoms with Crippen LogP contribution < -0.4 is 5.69 Å². The molecule has 0 aliphatic carbocycles. The number of aromatic nitrogens is 2. The van der Waals surface area contributed by atoms with Crippen LogP contribution in [-0.4, -0.2) is 9.55 Å². The average Bonchev–Trinajstić information content (AvgIpc) is 2.17. The molecule has 0 spiro atoms. The van der Waals surface area contributed by atoms with E-state index < -0.39 is 0 Å². The molecule has 0 saturated heterocycles. The smallest absolute Gasteiger partial charge is 0.289 e. The van der Waals surface area contributed by atoms with E-state index in [2.05, 4.69) is 17.6 Å². The van der Waals surface area contributed by atoms with Gasteiger partial charge in [-0.2, -0.15) is 4.98 Å². The van der Waals surface area contributed by atoms with E-state index in [1.807, 2.05) is 38.1 Å². The molecular formula is C11H12N2OS. The van der Waals surface area contributed by atoms with E-state index in [1.165, 1.54) is 0 Å². The molecule has 0 fully saturated rings. The highest BCUT2D eigenvalue weighted by atomic mass is 32.1. The van der Waals surface area contributed by atoms with Gasteiger partial charge < -0.3 is 0 Å². The molecule has 0 saturated carbocycles. The number of rotatable bonds is 1. The summed E-state index contributed by atoms with van der Waals surface area (Å²) in [5.41, 5.74) is 0.645. The van der Waals surface area contributed by atoms with Crippen LogP contribution >= 0.6 is 12.6 Å². The van der Waals surface area contributed by atoms with E-state index in [1.54, 1.807) is 4.57 Å². The van der Waals surface area contributed by atoms with E-state index in [0.29, 0.717) is 5.03 Å². The second kappa shape index (κ2) is 3.70. The Morgan fingerprint density at radius 3 is 2.67 bits per heavy atom. The molecule has 0 unspecified atom stereocenters. The maximum absolute atomic E-state index is 11.7. The zero-order valence-electron chi connectivity index (χ0n) is 8.64. The molecule has 1 aromatic heterocycles. The largest absolute Gasteiger partial charge is 0.349 e. The summed E-state index contributed by atoms with van der Waals surface area (Å²) in [5, 5.41) is 1.40. The number of fused-ring (bicyclic) bond motifs is 1. The number of thiol groups is 1. The lowest BCUT2D eigenvalue weighted by molar-refractivity contribution is 0.581.